The Morgan fingerprint density at radius 1 is 1.08 bits per heavy atom. The quantitative estimate of drug-likeness (QED) is 0.700. The number of amides is 1. The zero-order valence-electron chi connectivity index (χ0n) is 12.6. The van der Waals surface area contributed by atoms with Crippen LogP contribution in [-0.2, 0) is 9.59 Å². The number of hydrogen-bond acceptors (Lipinski definition) is 3. The molecule has 0 bridgehead atoms. The number of benzene rings is 1. The van der Waals surface area contributed by atoms with Gasteiger partial charge in [-0.15, -0.1) is 0 Å². The Labute approximate surface area is 146 Å². The molecule has 24 heavy (non-hydrogen) atoms. The van der Waals surface area contributed by atoms with Crippen LogP contribution in [0.4, 0.5) is 5.69 Å². The molecule has 6 nitrogen and oxygen atoms in total. The van der Waals surface area contributed by atoms with Gasteiger partial charge >= 0.3 is 5.97 Å². The van der Waals surface area contributed by atoms with Crippen LogP contribution in [0, 0.1) is 0 Å². The normalized spacial score (nSPS) is 10.7. The number of halogens is 1. The number of aromatic nitrogens is 2. The average Bonchev–Trinajstić information content (AvgIpc) is 2.97. The Bertz CT molecular complexity index is 903. The zero-order chi connectivity index (χ0) is 17.1. The number of carbonyl (C=O) groups excluding carboxylic acids is 1. The molecule has 122 valence electrons. The van der Waals surface area contributed by atoms with Crippen molar-refractivity contribution in [3.63, 3.8) is 0 Å². The van der Waals surface area contributed by atoms with Gasteiger partial charge in [0.15, 0.2) is 0 Å². The van der Waals surface area contributed by atoms with Crippen molar-refractivity contribution in [1.82, 2.24) is 9.38 Å². The summed E-state index contributed by atoms with van der Waals surface area (Å²) in [6, 6.07) is 11.4. The Balaban J connectivity index is 1.80. The molecule has 0 fully saturated rings. The van der Waals surface area contributed by atoms with Crippen molar-refractivity contribution in [3.05, 3.63) is 53.3 Å². The summed E-state index contributed by atoms with van der Waals surface area (Å²) in [5.74, 6) is -1.32. The number of carboxylic acid groups (broad SMARTS) is 1. The van der Waals surface area contributed by atoms with Crippen molar-refractivity contribution >= 4 is 39.1 Å². The van der Waals surface area contributed by atoms with Gasteiger partial charge in [0.25, 0.3) is 0 Å². The van der Waals surface area contributed by atoms with E-state index in [0.29, 0.717) is 5.69 Å². The molecule has 0 aliphatic heterocycles. The van der Waals surface area contributed by atoms with Crippen LogP contribution in [0.1, 0.15) is 12.8 Å². The van der Waals surface area contributed by atoms with Gasteiger partial charge in [-0.05, 0) is 24.3 Å². The van der Waals surface area contributed by atoms with Crippen LogP contribution in [0.3, 0.4) is 0 Å². The van der Waals surface area contributed by atoms with Crippen LogP contribution in [0.5, 0.6) is 0 Å². The lowest BCUT2D eigenvalue weighted by atomic mass is 10.2. The molecule has 0 atom stereocenters. The summed E-state index contributed by atoms with van der Waals surface area (Å²) >= 11 is 3.40. The molecular weight excluding hydrogens is 374 g/mol. The number of aliphatic carboxylic acids is 1. The van der Waals surface area contributed by atoms with Crippen molar-refractivity contribution in [2.24, 2.45) is 0 Å². The van der Waals surface area contributed by atoms with Crippen molar-refractivity contribution < 1.29 is 14.7 Å². The van der Waals surface area contributed by atoms with Gasteiger partial charge < -0.3 is 14.8 Å². The second-order valence-corrected chi connectivity index (χ2v) is 6.17. The minimum absolute atomic E-state index is 0.0541. The number of nitrogens with one attached hydrogen (secondary N) is 1. The Hall–Kier alpha value is -2.67. The molecule has 1 amide bonds. The Morgan fingerprint density at radius 2 is 1.83 bits per heavy atom. The van der Waals surface area contributed by atoms with Crippen LogP contribution in [0.15, 0.2) is 53.3 Å². The lowest BCUT2D eigenvalue weighted by Crippen LogP contribution is -2.13. The number of nitrogens with zero attached hydrogens (tertiary/aromatic N) is 2. The zero-order valence-corrected chi connectivity index (χ0v) is 14.2. The molecule has 0 saturated heterocycles. The number of hydrogen-bond donors (Lipinski definition) is 2. The first-order valence-corrected chi connectivity index (χ1v) is 8.07. The second-order valence-electron chi connectivity index (χ2n) is 5.26. The van der Waals surface area contributed by atoms with Crippen molar-refractivity contribution in [2.45, 2.75) is 12.8 Å². The third-order valence-corrected chi connectivity index (χ3v) is 3.97. The summed E-state index contributed by atoms with van der Waals surface area (Å²) in [5, 5.41) is 11.3. The molecule has 1 aromatic carbocycles. The monoisotopic (exact) mass is 387 g/mol. The highest BCUT2D eigenvalue weighted by molar-refractivity contribution is 9.10. The van der Waals surface area contributed by atoms with E-state index in [1.165, 1.54) is 0 Å². The maximum Gasteiger partial charge on any atom is 0.303 e. The van der Waals surface area contributed by atoms with E-state index in [-0.39, 0.29) is 18.7 Å². The van der Waals surface area contributed by atoms with E-state index in [0.717, 1.165) is 21.4 Å². The molecule has 0 aliphatic rings. The molecule has 2 N–H and O–H groups in total. The van der Waals surface area contributed by atoms with Crippen molar-refractivity contribution in [3.8, 4) is 11.3 Å². The first-order valence-electron chi connectivity index (χ1n) is 7.27. The Kier molecular flexibility index (Phi) is 4.61. The molecule has 3 rings (SSSR count). The minimum atomic E-state index is -0.991. The minimum Gasteiger partial charge on any atom is -0.481 e. The van der Waals surface area contributed by atoms with E-state index >= 15 is 0 Å². The second kappa shape index (κ2) is 6.84. The van der Waals surface area contributed by atoms with E-state index in [1.54, 1.807) is 18.3 Å². The molecule has 0 unspecified atom stereocenters. The first kappa shape index (κ1) is 16.2. The summed E-state index contributed by atoms with van der Waals surface area (Å²) in [4.78, 5) is 26.8. The van der Waals surface area contributed by atoms with Crippen LogP contribution >= 0.6 is 15.9 Å². The third-order valence-electron chi connectivity index (χ3n) is 3.44. The standard InChI is InChI=1S/C17H14BrN3O3/c18-12-3-1-11(2-4-12)14-10-21-9-13(5-6-15(21)20-14)19-16(22)7-8-17(23)24/h1-6,9-10H,7-8H2,(H,19,22)(H,23,24). The number of pyridine rings is 1. The van der Waals surface area contributed by atoms with E-state index in [4.69, 9.17) is 5.11 Å². The van der Waals surface area contributed by atoms with Gasteiger partial charge in [-0.25, -0.2) is 4.98 Å². The van der Waals surface area contributed by atoms with Gasteiger partial charge in [0.05, 0.1) is 17.8 Å². The highest BCUT2D eigenvalue weighted by Crippen LogP contribution is 2.22. The molecule has 0 spiro atoms. The first-order chi connectivity index (χ1) is 11.5. The number of carboxylic acids is 1. The molecular formula is C17H14BrN3O3. The van der Waals surface area contributed by atoms with E-state index in [1.807, 2.05) is 34.9 Å². The fraction of sp³-hybridized carbons (Fsp3) is 0.118. The van der Waals surface area contributed by atoms with Crippen LogP contribution < -0.4 is 5.32 Å². The Morgan fingerprint density at radius 3 is 2.54 bits per heavy atom. The summed E-state index contributed by atoms with van der Waals surface area (Å²) in [6.07, 6.45) is 3.39. The van der Waals surface area contributed by atoms with Gasteiger partial charge in [0.2, 0.25) is 5.91 Å². The number of imidazole rings is 1. The largest absolute Gasteiger partial charge is 0.481 e. The highest BCUT2D eigenvalue weighted by Gasteiger charge is 2.08. The number of anilines is 1. The SMILES string of the molecule is O=C(O)CCC(=O)Nc1ccc2nc(-c3ccc(Br)cc3)cn2c1. The van der Waals surface area contributed by atoms with Crippen LogP contribution in [0.25, 0.3) is 16.9 Å². The van der Waals surface area contributed by atoms with Gasteiger partial charge in [-0.1, -0.05) is 28.1 Å². The van der Waals surface area contributed by atoms with Crippen LogP contribution in [-0.4, -0.2) is 26.4 Å². The fourth-order valence-corrected chi connectivity index (χ4v) is 2.53. The van der Waals surface area contributed by atoms with Gasteiger partial charge in [0, 0.05) is 28.9 Å². The topological polar surface area (TPSA) is 83.7 Å². The predicted molar refractivity (Wildman–Crippen MR) is 93.8 cm³/mol. The van der Waals surface area contributed by atoms with E-state index < -0.39 is 5.97 Å². The molecule has 3 aromatic rings. The molecule has 7 heteroatoms. The average molecular weight is 388 g/mol. The fourth-order valence-electron chi connectivity index (χ4n) is 2.27. The molecule has 2 heterocycles. The molecule has 2 aromatic heterocycles. The number of rotatable bonds is 5. The number of fused-ring (bicyclic) bond motifs is 1. The molecule has 0 saturated carbocycles. The van der Waals surface area contributed by atoms with Crippen LogP contribution in [0.2, 0.25) is 0 Å². The maximum absolute atomic E-state index is 11.7. The number of carbonyl (C=O) groups is 2. The maximum atomic E-state index is 11.7. The molecule has 0 aliphatic carbocycles. The van der Waals surface area contributed by atoms with Crippen molar-refractivity contribution in [1.29, 1.82) is 0 Å². The smallest absolute Gasteiger partial charge is 0.303 e. The summed E-state index contributed by atoms with van der Waals surface area (Å²) in [7, 11) is 0. The molecule has 0 radical (unpaired) electrons. The summed E-state index contributed by atoms with van der Waals surface area (Å²) in [6.45, 7) is 0. The van der Waals surface area contributed by atoms with Gasteiger partial charge in [0.1, 0.15) is 5.65 Å². The lowest BCUT2D eigenvalue weighted by Gasteiger charge is -2.04. The highest BCUT2D eigenvalue weighted by atomic mass is 79.9. The van der Waals surface area contributed by atoms with Gasteiger partial charge in [-0.3, -0.25) is 9.59 Å². The van der Waals surface area contributed by atoms with Gasteiger partial charge in [-0.2, -0.15) is 0 Å². The lowest BCUT2D eigenvalue weighted by molar-refractivity contribution is -0.138. The third kappa shape index (κ3) is 3.80. The van der Waals surface area contributed by atoms with E-state index in [2.05, 4.69) is 26.2 Å². The van der Waals surface area contributed by atoms with Crippen molar-refractivity contribution in [2.75, 3.05) is 5.32 Å². The summed E-state index contributed by atoms with van der Waals surface area (Å²) in [5.41, 5.74) is 3.18. The predicted octanol–water partition coefficient (Wildman–Crippen LogP) is 3.57. The summed E-state index contributed by atoms with van der Waals surface area (Å²) < 4.78 is 2.82. The van der Waals surface area contributed by atoms with E-state index in [9.17, 15) is 9.59 Å².